The van der Waals surface area contributed by atoms with E-state index in [9.17, 15) is 4.39 Å². The Balaban J connectivity index is 2.23. The minimum atomic E-state index is -0.225. The topological polar surface area (TPSA) is 24.9 Å². The predicted molar refractivity (Wildman–Crippen MR) is 82.8 cm³/mol. The molecule has 0 fully saturated rings. The fourth-order valence-electron chi connectivity index (χ4n) is 1.85. The second kappa shape index (κ2) is 6.01. The third kappa shape index (κ3) is 3.54. The zero-order chi connectivity index (χ0) is 14.0. The Labute approximate surface area is 128 Å². The molecule has 100 valence electrons. The van der Waals surface area contributed by atoms with Gasteiger partial charge in [0.1, 0.15) is 10.4 Å². The summed E-state index contributed by atoms with van der Waals surface area (Å²) in [4.78, 5) is 4.31. The molecule has 1 unspecified atom stereocenters. The lowest BCUT2D eigenvalue weighted by atomic mass is 10.1. The molecule has 1 N–H and O–H groups in total. The van der Waals surface area contributed by atoms with Crippen molar-refractivity contribution in [1.29, 1.82) is 0 Å². The number of nitrogens with zero attached hydrogens (tertiary/aromatic N) is 1. The molecule has 1 atom stereocenters. The minimum Gasteiger partial charge on any atom is -0.377 e. The maximum Gasteiger partial charge on any atom is 0.129 e. The van der Waals surface area contributed by atoms with Crippen LogP contribution in [0.3, 0.4) is 0 Å². The van der Waals surface area contributed by atoms with E-state index in [0.29, 0.717) is 5.56 Å². The van der Waals surface area contributed by atoms with Crippen LogP contribution in [-0.2, 0) is 0 Å². The molecule has 0 saturated carbocycles. The maximum atomic E-state index is 13.9. The van der Waals surface area contributed by atoms with Crippen molar-refractivity contribution >= 4 is 37.5 Å². The normalized spacial score (nSPS) is 12.3. The van der Waals surface area contributed by atoms with Gasteiger partial charge in [0, 0.05) is 10.0 Å². The van der Waals surface area contributed by atoms with E-state index in [-0.39, 0.29) is 11.9 Å². The zero-order valence-electron chi connectivity index (χ0n) is 10.5. The SMILES string of the molecule is Cc1nc(Br)ccc1NC(C)c1ccc(Br)cc1F. The Morgan fingerprint density at radius 1 is 1.21 bits per heavy atom. The number of aromatic nitrogens is 1. The third-order valence-corrected chi connectivity index (χ3v) is 3.79. The van der Waals surface area contributed by atoms with Gasteiger partial charge in [-0.05, 0) is 54.0 Å². The molecule has 2 nitrogen and oxygen atoms in total. The lowest BCUT2D eigenvalue weighted by Crippen LogP contribution is -2.10. The van der Waals surface area contributed by atoms with Crippen LogP contribution in [-0.4, -0.2) is 4.98 Å². The summed E-state index contributed by atoms with van der Waals surface area (Å²) < 4.78 is 15.4. The van der Waals surface area contributed by atoms with Gasteiger partial charge < -0.3 is 5.32 Å². The number of nitrogens with one attached hydrogen (secondary N) is 1. The summed E-state index contributed by atoms with van der Waals surface area (Å²) in [6.45, 7) is 3.84. The number of hydrogen-bond acceptors (Lipinski definition) is 2. The van der Waals surface area contributed by atoms with Crippen LogP contribution in [0.2, 0.25) is 0 Å². The smallest absolute Gasteiger partial charge is 0.129 e. The predicted octanol–water partition coefficient (Wildman–Crippen LogP) is 5.23. The van der Waals surface area contributed by atoms with E-state index >= 15 is 0 Å². The Bertz CT molecular complexity index is 602. The van der Waals surface area contributed by atoms with Gasteiger partial charge in [-0.2, -0.15) is 0 Å². The minimum absolute atomic E-state index is 0.130. The molecule has 0 radical (unpaired) electrons. The van der Waals surface area contributed by atoms with Gasteiger partial charge in [0.05, 0.1) is 17.4 Å². The van der Waals surface area contributed by atoms with Gasteiger partial charge in [0.2, 0.25) is 0 Å². The summed E-state index contributed by atoms with van der Waals surface area (Å²) in [7, 11) is 0. The van der Waals surface area contributed by atoms with Crippen molar-refractivity contribution in [1.82, 2.24) is 4.98 Å². The molecule has 0 aliphatic carbocycles. The van der Waals surface area contributed by atoms with Crippen LogP contribution < -0.4 is 5.32 Å². The maximum absolute atomic E-state index is 13.9. The molecule has 1 aromatic carbocycles. The fourth-order valence-corrected chi connectivity index (χ4v) is 2.58. The van der Waals surface area contributed by atoms with Gasteiger partial charge >= 0.3 is 0 Å². The molecule has 0 aliphatic heterocycles. The van der Waals surface area contributed by atoms with E-state index < -0.39 is 0 Å². The average molecular weight is 388 g/mol. The summed E-state index contributed by atoms with van der Waals surface area (Å²) in [5.41, 5.74) is 2.40. The van der Waals surface area contributed by atoms with Crippen LogP contribution in [0.1, 0.15) is 24.2 Å². The van der Waals surface area contributed by atoms with Gasteiger partial charge in [0.25, 0.3) is 0 Å². The zero-order valence-corrected chi connectivity index (χ0v) is 13.7. The van der Waals surface area contributed by atoms with Crippen molar-refractivity contribution in [2.24, 2.45) is 0 Å². The standard InChI is InChI=1S/C14H13Br2FN2/c1-8(11-4-3-10(15)7-12(11)17)18-13-5-6-14(16)19-9(13)2/h3-8,18H,1-2H3. The molecule has 0 bridgehead atoms. The van der Waals surface area contributed by atoms with Crippen LogP contribution in [0, 0.1) is 12.7 Å². The first-order valence-corrected chi connectivity index (χ1v) is 7.40. The highest BCUT2D eigenvalue weighted by Gasteiger charge is 2.12. The largest absolute Gasteiger partial charge is 0.377 e. The van der Waals surface area contributed by atoms with Crippen molar-refractivity contribution < 1.29 is 4.39 Å². The van der Waals surface area contributed by atoms with Crippen molar-refractivity contribution in [3.8, 4) is 0 Å². The first-order valence-electron chi connectivity index (χ1n) is 5.82. The molecule has 1 heterocycles. The van der Waals surface area contributed by atoms with Crippen LogP contribution in [0.15, 0.2) is 39.4 Å². The Morgan fingerprint density at radius 2 is 1.95 bits per heavy atom. The van der Waals surface area contributed by atoms with E-state index in [4.69, 9.17) is 0 Å². The van der Waals surface area contributed by atoms with Crippen LogP contribution in [0.5, 0.6) is 0 Å². The Morgan fingerprint density at radius 3 is 2.58 bits per heavy atom. The van der Waals surface area contributed by atoms with E-state index in [2.05, 4.69) is 42.2 Å². The molecule has 0 spiro atoms. The quantitative estimate of drug-likeness (QED) is 0.729. The molecular weight excluding hydrogens is 375 g/mol. The molecule has 5 heteroatoms. The van der Waals surface area contributed by atoms with Crippen LogP contribution in [0.25, 0.3) is 0 Å². The summed E-state index contributed by atoms with van der Waals surface area (Å²) in [6, 6.07) is 8.75. The van der Waals surface area contributed by atoms with Crippen molar-refractivity contribution in [3.05, 3.63) is 56.5 Å². The van der Waals surface area contributed by atoms with Gasteiger partial charge in [-0.3, -0.25) is 0 Å². The monoisotopic (exact) mass is 386 g/mol. The highest BCUT2D eigenvalue weighted by atomic mass is 79.9. The Hall–Kier alpha value is -0.940. The first-order chi connectivity index (χ1) is 8.97. The number of rotatable bonds is 3. The highest BCUT2D eigenvalue weighted by Crippen LogP contribution is 2.25. The summed E-state index contributed by atoms with van der Waals surface area (Å²) in [5, 5.41) is 3.28. The summed E-state index contributed by atoms with van der Waals surface area (Å²) in [6.07, 6.45) is 0. The Kier molecular flexibility index (Phi) is 4.58. The van der Waals surface area contributed by atoms with Gasteiger partial charge in [-0.25, -0.2) is 9.37 Å². The first kappa shape index (κ1) is 14.5. The van der Waals surface area contributed by atoms with Crippen LogP contribution in [0.4, 0.5) is 10.1 Å². The second-order valence-corrected chi connectivity index (χ2v) is 6.03. The fraction of sp³-hybridized carbons (Fsp3) is 0.214. The number of aryl methyl sites for hydroxylation is 1. The number of benzene rings is 1. The number of hydrogen-bond donors (Lipinski definition) is 1. The lowest BCUT2D eigenvalue weighted by Gasteiger charge is -2.18. The molecule has 19 heavy (non-hydrogen) atoms. The van der Waals surface area contributed by atoms with Gasteiger partial charge in [0.15, 0.2) is 0 Å². The van der Waals surface area contributed by atoms with Crippen molar-refractivity contribution in [3.63, 3.8) is 0 Å². The lowest BCUT2D eigenvalue weighted by molar-refractivity contribution is 0.599. The molecule has 0 aliphatic rings. The van der Waals surface area contributed by atoms with E-state index in [0.717, 1.165) is 20.5 Å². The van der Waals surface area contributed by atoms with E-state index in [1.165, 1.54) is 6.07 Å². The average Bonchev–Trinajstić information content (AvgIpc) is 2.32. The summed E-state index contributed by atoms with van der Waals surface area (Å²) in [5.74, 6) is -0.225. The highest BCUT2D eigenvalue weighted by molar-refractivity contribution is 9.10. The van der Waals surface area contributed by atoms with E-state index in [1.807, 2.05) is 32.0 Å². The molecular formula is C14H13Br2FN2. The molecule has 1 aromatic heterocycles. The molecule has 0 amide bonds. The third-order valence-electron chi connectivity index (χ3n) is 2.85. The summed E-state index contributed by atoms with van der Waals surface area (Å²) >= 11 is 6.58. The second-order valence-electron chi connectivity index (χ2n) is 4.30. The van der Waals surface area contributed by atoms with Crippen molar-refractivity contribution in [2.75, 3.05) is 5.32 Å². The molecule has 0 saturated heterocycles. The molecule has 2 rings (SSSR count). The number of pyridine rings is 1. The number of halogens is 3. The number of anilines is 1. The molecule has 2 aromatic rings. The van der Waals surface area contributed by atoms with Crippen LogP contribution >= 0.6 is 31.9 Å². The van der Waals surface area contributed by atoms with Crippen molar-refractivity contribution in [2.45, 2.75) is 19.9 Å². The van der Waals surface area contributed by atoms with Gasteiger partial charge in [-0.1, -0.05) is 22.0 Å². The van der Waals surface area contributed by atoms with Gasteiger partial charge in [-0.15, -0.1) is 0 Å². The van der Waals surface area contributed by atoms with E-state index in [1.54, 1.807) is 6.07 Å².